The molecule has 0 aliphatic carbocycles. The van der Waals surface area contributed by atoms with Crippen LogP contribution in [0.25, 0.3) is 0 Å². The number of rotatable bonds is 6. The smallest absolute Gasteiger partial charge is 0.325 e. The monoisotopic (exact) mass is 399 g/mol. The predicted molar refractivity (Wildman–Crippen MR) is 103 cm³/mol. The third-order valence-electron chi connectivity index (χ3n) is 4.54. The average molecular weight is 399 g/mol. The van der Waals surface area contributed by atoms with Crippen LogP contribution in [0.2, 0.25) is 0 Å². The molecule has 29 heavy (non-hydrogen) atoms. The Hall–Kier alpha value is -3.46. The Kier molecular flexibility index (Phi) is 5.39. The van der Waals surface area contributed by atoms with E-state index in [1.165, 1.54) is 0 Å². The van der Waals surface area contributed by atoms with Crippen LogP contribution in [0.1, 0.15) is 12.5 Å². The molecule has 2 aromatic rings. The van der Waals surface area contributed by atoms with Gasteiger partial charge in [-0.3, -0.25) is 15.0 Å². The number of urea groups is 1. The number of imide groups is 1. The molecule has 3 amide bonds. The summed E-state index contributed by atoms with van der Waals surface area (Å²) in [5.41, 5.74) is 1.50. The highest BCUT2D eigenvalue weighted by molar-refractivity contribution is 6.01. The molecule has 9 heteroatoms. The Bertz CT molecular complexity index is 932. The van der Waals surface area contributed by atoms with E-state index >= 15 is 0 Å². The first-order valence-electron chi connectivity index (χ1n) is 9.22. The van der Waals surface area contributed by atoms with Gasteiger partial charge in [0.1, 0.15) is 0 Å². The lowest BCUT2D eigenvalue weighted by Crippen LogP contribution is -2.41. The van der Waals surface area contributed by atoms with Crippen molar-refractivity contribution in [2.45, 2.75) is 13.5 Å². The van der Waals surface area contributed by atoms with Crippen molar-refractivity contribution in [3.8, 4) is 23.0 Å². The van der Waals surface area contributed by atoms with Crippen LogP contribution in [0.5, 0.6) is 23.0 Å². The highest BCUT2D eigenvalue weighted by atomic mass is 16.7. The predicted octanol–water partition coefficient (Wildman–Crippen LogP) is 2.31. The van der Waals surface area contributed by atoms with Crippen LogP contribution in [0.15, 0.2) is 36.4 Å². The molecule has 2 aliphatic heterocycles. The fraction of sp³-hybridized carbons (Fsp3) is 0.300. The molecule has 0 fully saturated rings. The number of ether oxygens (including phenoxy) is 4. The summed E-state index contributed by atoms with van der Waals surface area (Å²) in [6.07, 6.45) is 0. The summed E-state index contributed by atoms with van der Waals surface area (Å²) in [7, 11) is 0. The number of carbonyl (C=O) groups is 2. The minimum Gasteiger partial charge on any atom is -0.454 e. The van der Waals surface area contributed by atoms with Gasteiger partial charge in [-0.25, -0.2) is 4.79 Å². The van der Waals surface area contributed by atoms with Crippen LogP contribution in [0.4, 0.5) is 10.5 Å². The maximum atomic E-state index is 12.3. The molecule has 152 valence electrons. The third-order valence-corrected chi connectivity index (χ3v) is 4.54. The van der Waals surface area contributed by atoms with Gasteiger partial charge in [-0.15, -0.1) is 0 Å². The minimum absolute atomic E-state index is 0.0828. The Morgan fingerprint density at radius 3 is 2.31 bits per heavy atom. The van der Waals surface area contributed by atoms with E-state index in [0.29, 0.717) is 36.0 Å². The van der Waals surface area contributed by atoms with Crippen molar-refractivity contribution in [1.29, 1.82) is 0 Å². The normalized spacial score (nSPS) is 13.4. The summed E-state index contributed by atoms with van der Waals surface area (Å²) < 4.78 is 21.2. The highest BCUT2D eigenvalue weighted by Gasteiger charge is 2.17. The van der Waals surface area contributed by atoms with Crippen molar-refractivity contribution in [3.63, 3.8) is 0 Å². The molecule has 0 saturated heterocycles. The first kappa shape index (κ1) is 18.9. The lowest BCUT2D eigenvalue weighted by molar-refractivity contribution is -0.121. The lowest BCUT2D eigenvalue weighted by Gasteiger charge is -2.20. The van der Waals surface area contributed by atoms with Crippen LogP contribution >= 0.6 is 0 Å². The largest absolute Gasteiger partial charge is 0.454 e. The molecule has 9 nitrogen and oxygen atoms in total. The highest BCUT2D eigenvalue weighted by Crippen LogP contribution is 2.34. The number of carbonyl (C=O) groups excluding carboxylic acids is 2. The molecule has 0 bridgehead atoms. The second-order valence-electron chi connectivity index (χ2n) is 6.56. The molecule has 0 atom stereocenters. The first-order chi connectivity index (χ1) is 14.1. The summed E-state index contributed by atoms with van der Waals surface area (Å²) in [4.78, 5) is 26.3. The maximum absolute atomic E-state index is 12.3. The van der Waals surface area contributed by atoms with E-state index in [1.807, 2.05) is 30.0 Å². The summed E-state index contributed by atoms with van der Waals surface area (Å²) >= 11 is 0. The summed E-state index contributed by atoms with van der Waals surface area (Å²) in [6.45, 7) is 3.60. The summed E-state index contributed by atoms with van der Waals surface area (Å²) in [5, 5.41) is 4.96. The van der Waals surface area contributed by atoms with E-state index in [9.17, 15) is 9.59 Å². The third kappa shape index (κ3) is 4.52. The Morgan fingerprint density at radius 2 is 1.59 bits per heavy atom. The van der Waals surface area contributed by atoms with Crippen LogP contribution in [-0.4, -0.2) is 43.5 Å². The van der Waals surface area contributed by atoms with Gasteiger partial charge in [0.2, 0.25) is 19.5 Å². The molecule has 4 rings (SSSR count). The average Bonchev–Trinajstić information content (AvgIpc) is 3.35. The number of hydrogen-bond acceptors (Lipinski definition) is 7. The molecular formula is C20H21N3O6. The van der Waals surface area contributed by atoms with Crippen molar-refractivity contribution in [2.75, 3.05) is 32.0 Å². The van der Waals surface area contributed by atoms with Crippen LogP contribution < -0.4 is 29.6 Å². The van der Waals surface area contributed by atoms with E-state index in [-0.39, 0.29) is 20.1 Å². The van der Waals surface area contributed by atoms with Gasteiger partial charge in [-0.1, -0.05) is 13.0 Å². The molecule has 0 radical (unpaired) electrons. The summed E-state index contributed by atoms with van der Waals surface area (Å²) in [6, 6.07) is 10.1. The van der Waals surface area contributed by atoms with Gasteiger partial charge in [0.25, 0.3) is 0 Å². The van der Waals surface area contributed by atoms with Gasteiger partial charge in [-0.05, 0) is 36.4 Å². The zero-order valence-corrected chi connectivity index (χ0v) is 15.9. The van der Waals surface area contributed by atoms with E-state index in [1.54, 1.807) is 18.2 Å². The van der Waals surface area contributed by atoms with Crippen molar-refractivity contribution >= 4 is 17.6 Å². The molecule has 0 spiro atoms. The fourth-order valence-corrected chi connectivity index (χ4v) is 3.08. The molecule has 0 aromatic heterocycles. The molecule has 0 saturated carbocycles. The van der Waals surface area contributed by atoms with Crippen molar-refractivity contribution in [2.24, 2.45) is 0 Å². The quantitative estimate of drug-likeness (QED) is 0.769. The van der Waals surface area contributed by atoms with Crippen LogP contribution in [-0.2, 0) is 11.3 Å². The van der Waals surface area contributed by atoms with Crippen molar-refractivity contribution in [3.05, 3.63) is 42.0 Å². The minimum atomic E-state index is -0.604. The van der Waals surface area contributed by atoms with Gasteiger partial charge in [-0.2, -0.15) is 0 Å². The SMILES string of the molecule is CCN(CC(=O)NC(=O)Nc1ccc2c(c1)OCO2)Cc1ccc2c(c1)OCO2. The van der Waals surface area contributed by atoms with Crippen LogP contribution in [0.3, 0.4) is 0 Å². The maximum Gasteiger partial charge on any atom is 0.325 e. The number of hydrogen-bond donors (Lipinski definition) is 2. The number of nitrogens with one attached hydrogen (secondary N) is 2. The van der Waals surface area contributed by atoms with Gasteiger partial charge in [0, 0.05) is 18.3 Å². The first-order valence-corrected chi connectivity index (χ1v) is 9.22. The van der Waals surface area contributed by atoms with Gasteiger partial charge < -0.3 is 24.3 Å². The second-order valence-corrected chi connectivity index (χ2v) is 6.56. The number of amides is 3. The van der Waals surface area contributed by atoms with Crippen molar-refractivity contribution < 1.29 is 28.5 Å². The molecule has 2 aromatic carbocycles. The second kappa shape index (κ2) is 8.27. The van der Waals surface area contributed by atoms with Gasteiger partial charge >= 0.3 is 6.03 Å². The van der Waals surface area contributed by atoms with E-state index in [0.717, 1.165) is 11.3 Å². The molecule has 2 heterocycles. The zero-order chi connectivity index (χ0) is 20.2. The topological polar surface area (TPSA) is 98.4 Å². The van der Waals surface area contributed by atoms with Gasteiger partial charge in [0.15, 0.2) is 23.0 Å². The molecule has 2 aliphatic rings. The number of benzene rings is 2. The fourth-order valence-electron chi connectivity index (χ4n) is 3.08. The van der Waals surface area contributed by atoms with Crippen molar-refractivity contribution in [1.82, 2.24) is 10.2 Å². The molecular weight excluding hydrogens is 378 g/mol. The van der Waals surface area contributed by atoms with E-state index in [4.69, 9.17) is 18.9 Å². The summed E-state index contributed by atoms with van der Waals surface area (Å²) in [5.74, 6) is 2.19. The van der Waals surface area contributed by atoms with Gasteiger partial charge in [0.05, 0.1) is 6.54 Å². The Morgan fingerprint density at radius 1 is 0.931 bits per heavy atom. The lowest BCUT2D eigenvalue weighted by atomic mass is 10.2. The van der Waals surface area contributed by atoms with E-state index in [2.05, 4.69) is 10.6 Å². The molecule has 2 N–H and O–H groups in total. The number of fused-ring (bicyclic) bond motifs is 2. The number of likely N-dealkylation sites (N-methyl/N-ethyl adjacent to an activating group) is 1. The van der Waals surface area contributed by atoms with Crippen LogP contribution in [0, 0.1) is 0 Å². The zero-order valence-electron chi connectivity index (χ0n) is 15.9. The van der Waals surface area contributed by atoms with E-state index < -0.39 is 11.9 Å². The number of anilines is 1. The standard InChI is InChI=1S/C20H21N3O6/c1-2-23(9-13-3-5-15-17(7-13)28-11-26-15)10-19(24)22-20(25)21-14-4-6-16-18(8-14)29-12-27-16/h3-8H,2,9-12H2,1H3,(H2,21,22,24,25). The Labute approximate surface area is 167 Å². The Balaban J connectivity index is 1.29. The number of nitrogens with zero attached hydrogens (tertiary/aromatic N) is 1. The molecule has 0 unspecified atom stereocenters.